The van der Waals surface area contributed by atoms with Gasteiger partial charge in [-0.25, -0.2) is 0 Å². The molecular formula is C29H42N2+2. The maximum atomic E-state index is 2.46. The van der Waals surface area contributed by atoms with E-state index in [0.29, 0.717) is 6.04 Å². The van der Waals surface area contributed by atoms with Crippen LogP contribution in [0, 0.1) is 0 Å². The van der Waals surface area contributed by atoms with E-state index in [1.54, 1.807) is 0 Å². The van der Waals surface area contributed by atoms with Crippen LogP contribution in [0.2, 0.25) is 0 Å². The quantitative estimate of drug-likeness (QED) is 0.343. The van der Waals surface area contributed by atoms with Crippen molar-refractivity contribution in [3.8, 4) is 0 Å². The van der Waals surface area contributed by atoms with Crippen LogP contribution in [0.5, 0.6) is 0 Å². The van der Waals surface area contributed by atoms with E-state index in [1.807, 2.05) is 0 Å². The molecule has 2 nitrogen and oxygen atoms in total. The fourth-order valence-corrected chi connectivity index (χ4v) is 5.51. The van der Waals surface area contributed by atoms with E-state index in [9.17, 15) is 0 Å². The molecule has 1 aliphatic heterocycles. The fraction of sp³-hybridized carbons (Fsp3) is 0.448. The van der Waals surface area contributed by atoms with Gasteiger partial charge in [-0.2, -0.15) is 0 Å². The topological polar surface area (TPSA) is 0 Å². The second kappa shape index (κ2) is 10.4. The molecule has 31 heavy (non-hydrogen) atoms. The summed E-state index contributed by atoms with van der Waals surface area (Å²) in [4.78, 5) is 0. The molecule has 0 N–H and O–H groups in total. The standard InChI is InChI=1S/C29H42N2/c1-6-30(7-2,23-28-16-10-8-11-17-28)22-14-15-25(3)31(26(4)20-21-27(31)5)24-29-18-12-9-13-19-29/h8-13,16-21,25H,6-7,14-15,22-24H2,1-5H3/q+2/t25-/m0/s1. The minimum Gasteiger partial charge on any atom is -0.320 e. The van der Waals surface area contributed by atoms with Crippen LogP contribution in [0.1, 0.15) is 58.6 Å². The van der Waals surface area contributed by atoms with E-state index in [2.05, 4.69) is 107 Å². The molecule has 1 aliphatic rings. The lowest BCUT2D eigenvalue weighted by Crippen LogP contribution is -2.50. The van der Waals surface area contributed by atoms with Crippen molar-refractivity contribution in [1.29, 1.82) is 0 Å². The molecule has 0 bridgehead atoms. The Morgan fingerprint density at radius 1 is 0.774 bits per heavy atom. The van der Waals surface area contributed by atoms with Crippen molar-refractivity contribution >= 4 is 0 Å². The zero-order chi connectivity index (χ0) is 22.3. The van der Waals surface area contributed by atoms with Gasteiger partial charge in [-0.15, -0.1) is 0 Å². The molecule has 2 aromatic rings. The van der Waals surface area contributed by atoms with E-state index in [-0.39, 0.29) is 0 Å². The Bertz CT molecular complexity index is 857. The summed E-state index contributed by atoms with van der Waals surface area (Å²) in [6, 6.07) is 22.6. The predicted molar refractivity (Wildman–Crippen MR) is 133 cm³/mol. The largest absolute Gasteiger partial charge is 0.320 e. The third-order valence-electron chi connectivity index (χ3n) is 7.81. The van der Waals surface area contributed by atoms with E-state index in [0.717, 1.165) is 17.6 Å². The molecule has 2 heteroatoms. The van der Waals surface area contributed by atoms with Crippen molar-refractivity contribution in [1.82, 2.24) is 0 Å². The third kappa shape index (κ3) is 5.19. The summed E-state index contributed by atoms with van der Waals surface area (Å²) < 4.78 is 2.18. The second-order valence-electron chi connectivity index (χ2n) is 9.46. The Morgan fingerprint density at radius 3 is 1.81 bits per heavy atom. The Morgan fingerprint density at radius 2 is 1.29 bits per heavy atom. The molecule has 0 saturated heterocycles. The highest BCUT2D eigenvalue weighted by atomic mass is 15.4. The molecule has 2 aromatic carbocycles. The smallest absolute Gasteiger partial charge is 0.113 e. The molecule has 0 aliphatic carbocycles. The van der Waals surface area contributed by atoms with Gasteiger partial charge in [0.1, 0.15) is 24.5 Å². The van der Waals surface area contributed by atoms with E-state index < -0.39 is 0 Å². The summed E-state index contributed by atoms with van der Waals surface area (Å²) in [7, 11) is 0. The molecule has 1 heterocycles. The van der Waals surface area contributed by atoms with Gasteiger partial charge in [0.2, 0.25) is 0 Å². The minimum atomic E-state index is 0.572. The monoisotopic (exact) mass is 418 g/mol. The molecule has 166 valence electrons. The average Bonchev–Trinajstić information content (AvgIpc) is 3.09. The van der Waals surface area contributed by atoms with Crippen molar-refractivity contribution in [2.45, 2.75) is 66.6 Å². The first-order valence-electron chi connectivity index (χ1n) is 12.1. The Balaban J connectivity index is 1.71. The zero-order valence-corrected chi connectivity index (χ0v) is 20.3. The highest BCUT2D eigenvalue weighted by Gasteiger charge is 2.41. The van der Waals surface area contributed by atoms with Crippen LogP contribution in [0.15, 0.2) is 84.2 Å². The lowest BCUT2D eigenvalue weighted by atomic mass is 10.0. The van der Waals surface area contributed by atoms with Gasteiger partial charge >= 0.3 is 0 Å². The summed E-state index contributed by atoms with van der Waals surface area (Å²) in [6.45, 7) is 17.7. The van der Waals surface area contributed by atoms with Gasteiger partial charge in [-0.3, -0.25) is 4.48 Å². The fourth-order valence-electron chi connectivity index (χ4n) is 5.51. The van der Waals surface area contributed by atoms with Crippen LogP contribution in [0.25, 0.3) is 0 Å². The van der Waals surface area contributed by atoms with Gasteiger partial charge in [0.05, 0.1) is 25.7 Å². The number of rotatable bonds is 11. The summed E-state index contributed by atoms with van der Waals surface area (Å²) in [5.74, 6) is 0. The Hall–Kier alpha value is -2.16. The highest BCUT2D eigenvalue weighted by Crippen LogP contribution is 2.38. The number of allylic oxidation sites excluding steroid dienone is 4. The maximum absolute atomic E-state index is 2.46. The van der Waals surface area contributed by atoms with Gasteiger partial charge in [-0.05, 0) is 20.8 Å². The molecule has 0 fully saturated rings. The number of quaternary nitrogens is 2. The molecule has 0 saturated carbocycles. The number of hydrogen-bond acceptors (Lipinski definition) is 0. The molecule has 0 spiro atoms. The second-order valence-corrected chi connectivity index (χ2v) is 9.46. The van der Waals surface area contributed by atoms with Crippen molar-refractivity contribution in [3.05, 3.63) is 95.3 Å². The van der Waals surface area contributed by atoms with Crippen molar-refractivity contribution in [2.75, 3.05) is 19.6 Å². The zero-order valence-electron chi connectivity index (χ0n) is 20.3. The normalized spacial score (nSPS) is 16.7. The number of benzene rings is 2. The van der Waals surface area contributed by atoms with E-state index in [1.165, 1.54) is 59.5 Å². The van der Waals surface area contributed by atoms with Gasteiger partial charge in [-0.1, -0.05) is 60.7 Å². The first-order valence-corrected chi connectivity index (χ1v) is 12.1. The van der Waals surface area contributed by atoms with E-state index in [4.69, 9.17) is 0 Å². The summed E-state index contributed by atoms with van der Waals surface area (Å²) in [5, 5.41) is 0. The molecule has 0 amide bonds. The third-order valence-corrected chi connectivity index (χ3v) is 7.81. The van der Waals surface area contributed by atoms with Crippen molar-refractivity contribution in [2.24, 2.45) is 0 Å². The van der Waals surface area contributed by atoms with Crippen LogP contribution >= 0.6 is 0 Å². The predicted octanol–water partition coefficient (Wildman–Crippen LogP) is 7.05. The van der Waals surface area contributed by atoms with Crippen LogP contribution in [0.3, 0.4) is 0 Å². The van der Waals surface area contributed by atoms with Crippen LogP contribution in [-0.2, 0) is 13.1 Å². The van der Waals surface area contributed by atoms with Gasteiger partial charge in [0.15, 0.2) is 0 Å². The molecule has 3 rings (SSSR count). The van der Waals surface area contributed by atoms with Gasteiger partial charge < -0.3 is 4.48 Å². The minimum absolute atomic E-state index is 0.572. The highest BCUT2D eigenvalue weighted by molar-refractivity contribution is 5.21. The summed E-state index contributed by atoms with van der Waals surface area (Å²) in [6.07, 6.45) is 7.19. The van der Waals surface area contributed by atoms with Crippen molar-refractivity contribution < 1.29 is 8.97 Å². The summed E-state index contributed by atoms with van der Waals surface area (Å²) in [5.41, 5.74) is 5.84. The molecule has 1 atom stereocenters. The average molecular weight is 419 g/mol. The summed E-state index contributed by atoms with van der Waals surface area (Å²) >= 11 is 0. The molecule has 0 radical (unpaired) electrons. The lowest BCUT2D eigenvalue weighted by Gasteiger charge is -2.43. The molecule has 0 aromatic heterocycles. The first-order chi connectivity index (χ1) is 15.0. The van der Waals surface area contributed by atoms with E-state index >= 15 is 0 Å². The van der Waals surface area contributed by atoms with Crippen LogP contribution < -0.4 is 0 Å². The van der Waals surface area contributed by atoms with Gasteiger partial charge in [0.25, 0.3) is 0 Å². The van der Waals surface area contributed by atoms with Crippen LogP contribution in [-0.4, -0.2) is 34.6 Å². The Labute approximate surface area is 190 Å². The Kier molecular flexibility index (Phi) is 7.91. The van der Waals surface area contributed by atoms with Gasteiger partial charge in [0, 0.05) is 50.0 Å². The number of nitrogens with zero attached hydrogens (tertiary/aromatic N) is 2. The molecule has 0 unspecified atom stereocenters. The molecular weight excluding hydrogens is 376 g/mol. The first kappa shape index (κ1) is 23.5. The SMILES string of the molecule is CC[N+](CC)(CCC[C@H](C)[N+]1(Cc2ccccc2)C(C)=CC=C1C)Cc1ccccc1. The van der Waals surface area contributed by atoms with Crippen LogP contribution in [0.4, 0.5) is 0 Å². The lowest BCUT2D eigenvalue weighted by molar-refractivity contribution is -0.938. The number of hydrogen-bond donors (Lipinski definition) is 0. The van der Waals surface area contributed by atoms with Crippen molar-refractivity contribution in [3.63, 3.8) is 0 Å². The maximum Gasteiger partial charge on any atom is 0.113 e.